The summed E-state index contributed by atoms with van der Waals surface area (Å²) in [5.74, 6) is -0.342. The van der Waals surface area contributed by atoms with Crippen LogP contribution in [0.1, 0.15) is 38.3 Å². The highest BCUT2D eigenvalue weighted by Gasteiger charge is 2.24. The third kappa shape index (κ3) is 4.35. The number of pyridine rings is 1. The van der Waals surface area contributed by atoms with E-state index in [1.165, 1.54) is 23.5 Å². The third-order valence-corrected chi connectivity index (χ3v) is 5.14. The molecule has 146 valence electrons. The molecule has 0 unspecified atom stereocenters. The van der Waals surface area contributed by atoms with E-state index >= 15 is 0 Å². The Bertz CT molecular complexity index is 1020. The molecule has 1 aromatic heterocycles. The summed E-state index contributed by atoms with van der Waals surface area (Å²) in [5, 5.41) is 2.90. The average Bonchev–Trinajstić information content (AvgIpc) is 2.79. The van der Waals surface area contributed by atoms with Crippen molar-refractivity contribution in [1.29, 1.82) is 0 Å². The molecule has 4 rings (SSSR count). The zero-order valence-electron chi connectivity index (χ0n) is 16.2. The van der Waals surface area contributed by atoms with Crippen molar-refractivity contribution in [2.75, 3.05) is 18.0 Å². The first-order chi connectivity index (χ1) is 14.2. The Balaban J connectivity index is 1.44. The van der Waals surface area contributed by atoms with Crippen LogP contribution in [-0.4, -0.2) is 29.9 Å². The topological polar surface area (TPSA) is 62.3 Å². The molecule has 0 fully saturated rings. The van der Waals surface area contributed by atoms with Crippen molar-refractivity contribution in [3.63, 3.8) is 0 Å². The number of nitrogens with one attached hydrogen (secondary N) is 1. The standard InChI is InChI=1S/C24H23N3O2/c28-23(26-13-12-18-7-2-1-3-8-18)20-15-21(17-25-16-20)24(29)27-14-6-10-19-9-4-5-11-22(19)27/h1-5,7-9,11,15-17H,6,10,12-14H2,(H,26,28). The van der Waals surface area contributed by atoms with Gasteiger partial charge in [0, 0.05) is 31.2 Å². The number of carbonyl (C=O) groups is 2. The first-order valence-corrected chi connectivity index (χ1v) is 9.89. The lowest BCUT2D eigenvalue weighted by molar-refractivity contribution is 0.0953. The van der Waals surface area contributed by atoms with Gasteiger partial charge in [-0.2, -0.15) is 0 Å². The van der Waals surface area contributed by atoms with Crippen LogP contribution >= 0.6 is 0 Å². The van der Waals surface area contributed by atoms with Crippen molar-refractivity contribution < 1.29 is 9.59 Å². The fourth-order valence-electron chi connectivity index (χ4n) is 3.65. The molecule has 0 radical (unpaired) electrons. The number of fused-ring (bicyclic) bond motifs is 1. The predicted molar refractivity (Wildman–Crippen MR) is 113 cm³/mol. The van der Waals surface area contributed by atoms with Crippen LogP contribution in [0.3, 0.4) is 0 Å². The largest absolute Gasteiger partial charge is 0.352 e. The molecule has 29 heavy (non-hydrogen) atoms. The van der Waals surface area contributed by atoms with Gasteiger partial charge < -0.3 is 10.2 Å². The molecule has 0 atom stereocenters. The molecule has 1 aliphatic rings. The lowest BCUT2D eigenvalue weighted by Gasteiger charge is -2.29. The van der Waals surface area contributed by atoms with Crippen LogP contribution < -0.4 is 10.2 Å². The van der Waals surface area contributed by atoms with Crippen LogP contribution in [-0.2, 0) is 12.8 Å². The van der Waals surface area contributed by atoms with E-state index in [1.807, 2.05) is 48.5 Å². The SMILES string of the molecule is O=C(NCCc1ccccc1)c1cncc(C(=O)N2CCCc3ccccc32)c1. The highest BCUT2D eigenvalue weighted by atomic mass is 16.2. The summed E-state index contributed by atoms with van der Waals surface area (Å²) in [4.78, 5) is 31.5. The second-order valence-electron chi connectivity index (χ2n) is 7.14. The summed E-state index contributed by atoms with van der Waals surface area (Å²) in [6.45, 7) is 1.20. The molecule has 1 aliphatic heterocycles. The van der Waals surface area contributed by atoms with E-state index in [0.29, 0.717) is 24.2 Å². The number of benzene rings is 2. The molecule has 0 aliphatic carbocycles. The summed E-state index contributed by atoms with van der Waals surface area (Å²) in [6.07, 6.45) is 5.68. The highest BCUT2D eigenvalue weighted by molar-refractivity contribution is 6.08. The summed E-state index contributed by atoms with van der Waals surface area (Å²) >= 11 is 0. The Morgan fingerprint density at radius 3 is 2.59 bits per heavy atom. The van der Waals surface area contributed by atoms with Crippen molar-refractivity contribution in [1.82, 2.24) is 10.3 Å². The van der Waals surface area contributed by atoms with Crippen LogP contribution in [0.5, 0.6) is 0 Å². The van der Waals surface area contributed by atoms with Gasteiger partial charge in [-0.25, -0.2) is 0 Å². The van der Waals surface area contributed by atoms with E-state index in [0.717, 1.165) is 24.9 Å². The van der Waals surface area contributed by atoms with Gasteiger partial charge in [0.1, 0.15) is 0 Å². The van der Waals surface area contributed by atoms with Crippen molar-refractivity contribution in [2.24, 2.45) is 0 Å². The normalized spacial score (nSPS) is 12.9. The molecule has 1 N–H and O–H groups in total. The van der Waals surface area contributed by atoms with Crippen LogP contribution in [0.2, 0.25) is 0 Å². The maximum atomic E-state index is 13.1. The van der Waals surface area contributed by atoms with Crippen molar-refractivity contribution in [3.05, 3.63) is 95.3 Å². The summed E-state index contributed by atoms with van der Waals surface area (Å²) < 4.78 is 0. The van der Waals surface area contributed by atoms with Gasteiger partial charge in [-0.15, -0.1) is 0 Å². The molecular formula is C24H23N3O2. The van der Waals surface area contributed by atoms with E-state index in [1.54, 1.807) is 11.0 Å². The maximum Gasteiger partial charge on any atom is 0.259 e. The highest BCUT2D eigenvalue weighted by Crippen LogP contribution is 2.28. The first kappa shape index (κ1) is 18.9. The Kier molecular flexibility index (Phi) is 5.66. The van der Waals surface area contributed by atoms with E-state index in [2.05, 4.69) is 16.4 Å². The number of rotatable bonds is 5. The van der Waals surface area contributed by atoms with Crippen molar-refractivity contribution in [3.8, 4) is 0 Å². The number of aromatic nitrogens is 1. The minimum absolute atomic E-state index is 0.122. The molecule has 3 aromatic rings. The molecule has 5 heteroatoms. The molecule has 2 heterocycles. The number of anilines is 1. The summed E-state index contributed by atoms with van der Waals surface area (Å²) in [6, 6.07) is 19.6. The molecular weight excluding hydrogens is 362 g/mol. The zero-order valence-corrected chi connectivity index (χ0v) is 16.2. The van der Waals surface area contributed by atoms with Gasteiger partial charge in [-0.3, -0.25) is 14.6 Å². The molecule has 2 aromatic carbocycles. The lowest BCUT2D eigenvalue weighted by atomic mass is 10.0. The molecule has 2 amide bonds. The lowest BCUT2D eigenvalue weighted by Crippen LogP contribution is -2.35. The third-order valence-electron chi connectivity index (χ3n) is 5.14. The second kappa shape index (κ2) is 8.69. The number of amides is 2. The molecule has 0 spiro atoms. The van der Waals surface area contributed by atoms with E-state index < -0.39 is 0 Å². The molecule has 5 nitrogen and oxygen atoms in total. The first-order valence-electron chi connectivity index (χ1n) is 9.89. The second-order valence-corrected chi connectivity index (χ2v) is 7.14. The minimum atomic E-state index is -0.220. The average molecular weight is 385 g/mol. The van der Waals surface area contributed by atoms with Gasteiger partial charge in [0.15, 0.2) is 0 Å². The van der Waals surface area contributed by atoms with Gasteiger partial charge in [0.2, 0.25) is 0 Å². The number of hydrogen-bond acceptors (Lipinski definition) is 3. The molecule has 0 bridgehead atoms. The fourth-order valence-corrected chi connectivity index (χ4v) is 3.65. The number of hydrogen-bond donors (Lipinski definition) is 1. The van der Waals surface area contributed by atoms with Gasteiger partial charge >= 0.3 is 0 Å². The molecule has 0 saturated heterocycles. The summed E-state index contributed by atoms with van der Waals surface area (Å²) in [5.41, 5.74) is 4.11. The van der Waals surface area contributed by atoms with E-state index in [-0.39, 0.29) is 11.8 Å². The quantitative estimate of drug-likeness (QED) is 0.729. The Hall–Kier alpha value is -3.47. The Labute approximate surface area is 170 Å². The smallest absolute Gasteiger partial charge is 0.259 e. The summed E-state index contributed by atoms with van der Waals surface area (Å²) in [7, 11) is 0. The van der Waals surface area contributed by atoms with E-state index in [9.17, 15) is 9.59 Å². The van der Waals surface area contributed by atoms with Gasteiger partial charge in [0.05, 0.1) is 11.1 Å². The minimum Gasteiger partial charge on any atom is -0.352 e. The van der Waals surface area contributed by atoms with Crippen LogP contribution in [0.25, 0.3) is 0 Å². The number of para-hydroxylation sites is 1. The molecule has 0 saturated carbocycles. The Morgan fingerprint density at radius 2 is 1.72 bits per heavy atom. The number of nitrogens with zero attached hydrogens (tertiary/aromatic N) is 2. The van der Waals surface area contributed by atoms with Crippen LogP contribution in [0.15, 0.2) is 73.1 Å². The van der Waals surface area contributed by atoms with Gasteiger partial charge in [-0.1, -0.05) is 48.5 Å². The predicted octanol–water partition coefficient (Wildman–Crippen LogP) is 3.65. The zero-order chi connectivity index (χ0) is 20.1. The van der Waals surface area contributed by atoms with Crippen molar-refractivity contribution >= 4 is 17.5 Å². The van der Waals surface area contributed by atoms with E-state index in [4.69, 9.17) is 0 Å². The van der Waals surface area contributed by atoms with Gasteiger partial charge in [0.25, 0.3) is 11.8 Å². The monoisotopic (exact) mass is 385 g/mol. The number of aryl methyl sites for hydroxylation is 1. The fraction of sp³-hybridized carbons (Fsp3) is 0.208. The van der Waals surface area contributed by atoms with Gasteiger partial charge in [-0.05, 0) is 42.5 Å². The van der Waals surface area contributed by atoms with Crippen molar-refractivity contribution in [2.45, 2.75) is 19.3 Å². The maximum absolute atomic E-state index is 13.1. The Morgan fingerprint density at radius 1 is 0.966 bits per heavy atom. The van der Waals surface area contributed by atoms with Crippen LogP contribution in [0.4, 0.5) is 5.69 Å². The van der Waals surface area contributed by atoms with Crippen LogP contribution in [0, 0.1) is 0 Å². The number of carbonyl (C=O) groups excluding carboxylic acids is 2.